The van der Waals surface area contributed by atoms with E-state index in [4.69, 9.17) is 14.2 Å². The van der Waals surface area contributed by atoms with Gasteiger partial charge < -0.3 is 34.6 Å². The molecule has 0 heterocycles. The second kappa shape index (κ2) is 30.1. The van der Waals surface area contributed by atoms with Crippen molar-refractivity contribution in [3.8, 4) is 0 Å². The first-order chi connectivity index (χ1) is 22.8. The van der Waals surface area contributed by atoms with Crippen LogP contribution in [-0.4, -0.2) is 82.8 Å². The third kappa shape index (κ3) is 22.5. The van der Waals surface area contributed by atoms with Crippen molar-refractivity contribution in [2.75, 3.05) is 19.8 Å². The molecule has 0 bridgehead atoms. The molecule has 0 amide bonds. The van der Waals surface area contributed by atoms with Gasteiger partial charge in [0.1, 0.15) is 36.6 Å². The summed E-state index contributed by atoms with van der Waals surface area (Å²) in [6.07, 6.45) is 22.5. The van der Waals surface area contributed by atoms with Gasteiger partial charge in [-0.05, 0) is 18.8 Å². The fraction of sp³-hybridized carbons (Fsp3) is 0.974. The topological polar surface area (TPSA) is 126 Å². The normalized spacial score (nSPS) is 21.3. The summed E-state index contributed by atoms with van der Waals surface area (Å²) in [6, 6.07) is 0. The van der Waals surface area contributed by atoms with Gasteiger partial charge in [-0.25, -0.2) is 0 Å². The zero-order chi connectivity index (χ0) is 34.5. The molecule has 1 unspecified atom stereocenters. The van der Waals surface area contributed by atoms with Gasteiger partial charge in [-0.3, -0.25) is 4.79 Å². The smallest absolute Gasteiger partial charge is 0.306 e. The zero-order valence-corrected chi connectivity index (χ0v) is 30.8. The molecule has 1 fully saturated rings. The Morgan fingerprint density at radius 1 is 0.553 bits per heavy atom. The highest BCUT2D eigenvalue weighted by molar-refractivity contribution is 5.69. The quantitative estimate of drug-likeness (QED) is 0.0406. The number of aliphatic hydroxyl groups excluding tert-OH is 4. The lowest BCUT2D eigenvalue weighted by molar-refractivity contribution is -0.163. The van der Waals surface area contributed by atoms with E-state index in [0.717, 1.165) is 38.0 Å². The van der Waals surface area contributed by atoms with Crippen molar-refractivity contribution in [1.29, 1.82) is 0 Å². The van der Waals surface area contributed by atoms with E-state index in [-0.39, 0.29) is 19.2 Å². The second-order valence-corrected chi connectivity index (χ2v) is 14.5. The molecule has 0 radical (unpaired) electrons. The Labute approximate surface area is 288 Å². The Kier molecular flexibility index (Phi) is 28.3. The van der Waals surface area contributed by atoms with E-state index in [1.165, 1.54) is 122 Å². The van der Waals surface area contributed by atoms with Crippen molar-refractivity contribution in [3.05, 3.63) is 0 Å². The maximum atomic E-state index is 12.6. The minimum absolute atomic E-state index is 0.0976. The van der Waals surface area contributed by atoms with Gasteiger partial charge in [0, 0.05) is 13.0 Å². The Morgan fingerprint density at radius 2 is 0.979 bits per heavy atom. The molecule has 0 aliphatic heterocycles. The molecular weight excluding hydrogens is 596 g/mol. The summed E-state index contributed by atoms with van der Waals surface area (Å²) in [7, 11) is 0. The first kappa shape index (κ1) is 44.3. The summed E-state index contributed by atoms with van der Waals surface area (Å²) >= 11 is 0. The Hall–Kier alpha value is -0.770. The van der Waals surface area contributed by atoms with E-state index < -0.39 is 36.6 Å². The molecule has 0 aromatic rings. The van der Waals surface area contributed by atoms with Crippen LogP contribution in [0.2, 0.25) is 0 Å². The molecular formula is C39H76O8. The molecule has 1 saturated carbocycles. The SMILES string of the molecule is CCCCCCCCCCCCCC(=O)O[C@@H](COCCCCCCCCCC(C)CCCCCC)COC1[C@@H](O)[C@H](O)[C@@H](O)[C@@H]1O. The Balaban J connectivity index is 2.24. The molecule has 280 valence electrons. The van der Waals surface area contributed by atoms with Gasteiger partial charge in [0.05, 0.1) is 13.2 Å². The molecule has 47 heavy (non-hydrogen) atoms. The number of ether oxygens (including phenoxy) is 3. The average molecular weight is 673 g/mol. The number of hydrogen-bond acceptors (Lipinski definition) is 8. The Bertz CT molecular complexity index is 692. The van der Waals surface area contributed by atoms with Crippen molar-refractivity contribution in [2.24, 2.45) is 5.92 Å². The van der Waals surface area contributed by atoms with E-state index in [9.17, 15) is 25.2 Å². The van der Waals surface area contributed by atoms with Gasteiger partial charge in [-0.1, -0.05) is 162 Å². The van der Waals surface area contributed by atoms with Crippen LogP contribution in [0, 0.1) is 5.92 Å². The molecule has 1 rings (SSSR count). The van der Waals surface area contributed by atoms with E-state index in [0.29, 0.717) is 13.0 Å². The van der Waals surface area contributed by atoms with Crippen molar-refractivity contribution >= 4 is 5.97 Å². The molecule has 4 N–H and O–H groups in total. The maximum Gasteiger partial charge on any atom is 0.306 e. The standard InChI is InChI=1S/C39H76O8/c1-4-6-8-10-11-12-13-14-17-20-24-28-34(40)47-33(31-46-39-37(43)35(41)36(42)38(39)44)30-45-29-25-21-18-15-16-19-23-27-32(3)26-22-9-7-5-2/h32-33,35-39,41-44H,4-31H2,1-3H3/t32?,33-,35+,36+,37-,38-/m0/s1. The van der Waals surface area contributed by atoms with Gasteiger partial charge in [0.25, 0.3) is 0 Å². The summed E-state index contributed by atoms with van der Waals surface area (Å²) < 4.78 is 17.2. The van der Waals surface area contributed by atoms with Gasteiger partial charge in [-0.2, -0.15) is 0 Å². The summed E-state index contributed by atoms with van der Waals surface area (Å²) in [4.78, 5) is 12.6. The molecule has 0 aromatic carbocycles. The molecule has 1 aliphatic carbocycles. The molecule has 8 heteroatoms. The number of unbranched alkanes of at least 4 members (excludes halogenated alkanes) is 19. The summed E-state index contributed by atoms with van der Waals surface area (Å²) in [6.45, 7) is 7.53. The summed E-state index contributed by atoms with van der Waals surface area (Å²) in [5, 5.41) is 40.1. The number of hydrogen-bond donors (Lipinski definition) is 4. The molecule has 0 spiro atoms. The largest absolute Gasteiger partial charge is 0.457 e. The summed E-state index contributed by atoms with van der Waals surface area (Å²) in [5.74, 6) is 0.546. The van der Waals surface area contributed by atoms with Crippen LogP contribution in [0.25, 0.3) is 0 Å². The third-order valence-electron chi connectivity index (χ3n) is 9.82. The average Bonchev–Trinajstić information content (AvgIpc) is 3.24. The van der Waals surface area contributed by atoms with E-state index >= 15 is 0 Å². The molecule has 0 saturated heterocycles. The van der Waals surface area contributed by atoms with Crippen LogP contribution in [0.1, 0.15) is 181 Å². The first-order valence-electron chi connectivity index (χ1n) is 19.9. The van der Waals surface area contributed by atoms with Crippen LogP contribution in [0.15, 0.2) is 0 Å². The van der Waals surface area contributed by atoms with Crippen LogP contribution in [0.4, 0.5) is 0 Å². The predicted molar refractivity (Wildman–Crippen MR) is 190 cm³/mol. The predicted octanol–water partition coefficient (Wildman–Crippen LogP) is 8.19. The lowest BCUT2D eigenvalue weighted by atomic mass is 9.96. The van der Waals surface area contributed by atoms with Crippen LogP contribution in [0.5, 0.6) is 0 Å². The minimum Gasteiger partial charge on any atom is -0.457 e. The second-order valence-electron chi connectivity index (χ2n) is 14.5. The number of carbonyl (C=O) groups excluding carboxylic acids is 1. The van der Waals surface area contributed by atoms with E-state index in [1.54, 1.807) is 0 Å². The van der Waals surface area contributed by atoms with Crippen molar-refractivity contribution in [2.45, 2.75) is 218 Å². The highest BCUT2D eigenvalue weighted by Gasteiger charge is 2.49. The fourth-order valence-corrected chi connectivity index (χ4v) is 6.56. The number of aliphatic hydroxyl groups is 4. The van der Waals surface area contributed by atoms with Gasteiger partial charge in [0.15, 0.2) is 0 Å². The molecule has 8 nitrogen and oxygen atoms in total. The lowest BCUT2D eigenvalue weighted by Gasteiger charge is -2.24. The van der Waals surface area contributed by atoms with E-state index in [1.807, 2.05) is 0 Å². The number of esters is 1. The van der Waals surface area contributed by atoms with Gasteiger partial charge >= 0.3 is 5.97 Å². The number of carbonyl (C=O) groups is 1. The first-order valence-corrected chi connectivity index (χ1v) is 19.9. The zero-order valence-electron chi connectivity index (χ0n) is 30.8. The molecule has 0 aromatic heterocycles. The van der Waals surface area contributed by atoms with Crippen LogP contribution >= 0.6 is 0 Å². The molecule has 1 aliphatic rings. The van der Waals surface area contributed by atoms with Crippen LogP contribution in [-0.2, 0) is 19.0 Å². The highest BCUT2D eigenvalue weighted by Crippen LogP contribution is 2.25. The molecule has 6 atom stereocenters. The number of rotatable bonds is 33. The van der Waals surface area contributed by atoms with Crippen LogP contribution < -0.4 is 0 Å². The van der Waals surface area contributed by atoms with E-state index in [2.05, 4.69) is 20.8 Å². The van der Waals surface area contributed by atoms with Gasteiger partial charge in [-0.15, -0.1) is 0 Å². The fourth-order valence-electron chi connectivity index (χ4n) is 6.56. The van der Waals surface area contributed by atoms with Gasteiger partial charge in [0.2, 0.25) is 0 Å². The monoisotopic (exact) mass is 673 g/mol. The minimum atomic E-state index is -1.49. The highest BCUT2D eigenvalue weighted by atomic mass is 16.6. The third-order valence-corrected chi connectivity index (χ3v) is 9.82. The van der Waals surface area contributed by atoms with Crippen LogP contribution in [0.3, 0.4) is 0 Å². The Morgan fingerprint density at radius 3 is 1.49 bits per heavy atom. The maximum absolute atomic E-state index is 12.6. The summed E-state index contributed by atoms with van der Waals surface area (Å²) in [5.41, 5.74) is 0. The van der Waals surface area contributed by atoms with Crippen molar-refractivity contribution in [1.82, 2.24) is 0 Å². The van der Waals surface area contributed by atoms with Crippen molar-refractivity contribution in [3.63, 3.8) is 0 Å². The lowest BCUT2D eigenvalue weighted by Crippen LogP contribution is -2.39. The van der Waals surface area contributed by atoms with Crippen molar-refractivity contribution < 1.29 is 39.4 Å².